The van der Waals surface area contributed by atoms with Crippen molar-refractivity contribution in [3.05, 3.63) is 89.8 Å². The number of ether oxygens (including phenoxy) is 4. The number of nitrogens with zero attached hydrogens (tertiary/aromatic N) is 3. The smallest absolute Gasteiger partial charge is 0.370 e. The zero-order chi connectivity index (χ0) is 33.5. The maximum absolute atomic E-state index is 13.6. The third-order valence-corrected chi connectivity index (χ3v) is 9.91. The normalized spacial score (nSPS) is 27.3. The summed E-state index contributed by atoms with van der Waals surface area (Å²) in [6.07, 6.45) is 5.62. The first-order valence-electron chi connectivity index (χ1n) is 16.2. The SMILES string of the molecule is O=C1C=CC(=O)OC2(O1)C(N1CCN(c3ccc(F)cc3)CC1)CCC(O)(c1ccc(CN3CCCC3)cc1)C21OC(=O)C=CC(=O)O1. The minimum atomic E-state index is -2.86. The van der Waals surface area contributed by atoms with Gasteiger partial charge >= 0.3 is 35.5 Å². The number of fused-ring (bicyclic) bond motifs is 1. The molecule has 13 heteroatoms. The summed E-state index contributed by atoms with van der Waals surface area (Å²) >= 11 is 0. The molecule has 2 aromatic rings. The van der Waals surface area contributed by atoms with Gasteiger partial charge in [0.05, 0.1) is 6.04 Å². The molecule has 0 bridgehead atoms. The zero-order valence-corrected chi connectivity index (χ0v) is 26.2. The van der Waals surface area contributed by atoms with E-state index >= 15 is 0 Å². The highest BCUT2D eigenvalue weighted by Crippen LogP contribution is 2.57. The second kappa shape index (κ2) is 12.5. The van der Waals surface area contributed by atoms with E-state index in [1.807, 2.05) is 21.9 Å². The average molecular weight is 662 g/mol. The van der Waals surface area contributed by atoms with Crippen molar-refractivity contribution in [3.63, 3.8) is 0 Å². The van der Waals surface area contributed by atoms with Gasteiger partial charge in [0.1, 0.15) is 5.82 Å². The van der Waals surface area contributed by atoms with Gasteiger partial charge in [-0.3, -0.25) is 9.80 Å². The molecule has 3 fully saturated rings. The standard InChI is InChI=1S/C35H36FN3O9/c36-26-7-9-27(10-8-26)38-19-21-39(22-20-38)28-15-16-33(44,25-5-3-24(4-6-25)23-37-17-1-2-18-37)35(47-31(42)13-14-32(43)48-35)34(28)45-29(40)11-12-30(41)46-34/h3-14,28,44H,1-2,15-23H2. The molecule has 4 aliphatic heterocycles. The minimum Gasteiger partial charge on any atom is -0.410 e. The molecule has 252 valence electrons. The molecule has 2 unspecified atom stereocenters. The summed E-state index contributed by atoms with van der Waals surface area (Å²) in [6, 6.07) is 12.0. The molecule has 1 aliphatic carbocycles. The zero-order valence-electron chi connectivity index (χ0n) is 26.2. The molecule has 12 nitrogen and oxygen atoms in total. The van der Waals surface area contributed by atoms with Gasteiger partial charge < -0.3 is 29.0 Å². The molecule has 2 spiro atoms. The maximum Gasteiger partial charge on any atom is 0.370 e. The number of carbonyl (C=O) groups is 4. The average Bonchev–Trinajstić information content (AvgIpc) is 3.47. The van der Waals surface area contributed by atoms with Crippen LogP contribution in [0.1, 0.15) is 36.8 Å². The Hall–Kier alpha value is -4.59. The van der Waals surface area contributed by atoms with Gasteiger partial charge in [0.2, 0.25) is 0 Å². The van der Waals surface area contributed by atoms with Gasteiger partial charge in [0, 0.05) is 62.7 Å². The number of esters is 4. The number of anilines is 1. The van der Waals surface area contributed by atoms with Gasteiger partial charge in [0.25, 0.3) is 0 Å². The van der Waals surface area contributed by atoms with Crippen molar-refractivity contribution in [2.75, 3.05) is 44.2 Å². The highest BCUT2D eigenvalue weighted by molar-refractivity contribution is 5.95. The molecule has 1 saturated carbocycles. The van der Waals surface area contributed by atoms with Crippen molar-refractivity contribution in [3.8, 4) is 0 Å². The fourth-order valence-corrected chi connectivity index (χ4v) is 7.61. The number of carbonyl (C=O) groups excluding carboxylic acids is 4. The molecule has 0 radical (unpaired) electrons. The van der Waals surface area contributed by atoms with Crippen molar-refractivity contribution in [2.45, 2.75) is 55.4 Å². The van der Waals surface area contributed by atoms with Crippen LogP contribution in [0.15, 0.2) is 72.8 Å². The van der Waals surface area contributed by atoms with Crippen molar-refractivity contribution >= 4 is 29.6 Å². The second-order valence-corrected chi connectivity index (χ2v) is 12.7. The van der Waals surface area contributed by atoms with Crippen LogP contribution in [-0.2, 0) is 50.3 Å². The van der Waals surface area contributed by atoms with E-state index in [-0.39, 0.29) is 24.2 Å². The number of halogens is 1. The first-order chi connectivity index (χ1) is 23.1. The number of likely N-dealkylation sites (tertiary alicyclic amines) is 1. The Kier molecular flexibility index (Phi) is 8.30. The molecule has 2 saturated heterocycles. The number of hydrogen-bond donors (Lipinski definition) is 1. The number of aliphatic hydroxyl groups is 1. The second-order valence-electron chi connectivity index (χ2n) is 12.7. The van der Waals surface area contributed by atoms with Crippen LogP contribution in [0.2, 0.25) is 0 Å². The number of hydrogen-bond acceptors (Lipinski definition) is 12. The lowest BCUT2D eigenvalue weighted by Crippen LogP contribution is -2.80. The van der Waals surface area contributed by atoms with Crippen LogP contribution in [0.3, 0.4) is 0 Å². The molecule has 2 atom stereocenters. The van der Waals surface area contributed by atoms with Gasteiger partial charge in [-0.15, -0.1) is 0 Å². The molecular weight excluding hydrogens is 625 g/mol. The molecule has 7 rings (SSSR count). The van der Waals surface area contributed by atoms with Crippen LogP contribution < -0.4 is 4.90 Å². The van der Waals surface area contributed by atoms with Crippen molar-refractivity contribution < 1.29 is 47.6 Å². The number of benzene rings is 2. The van der Waals surface area contributed by atoms with Gasteiger partial charge in [-0.1, -0.05) is 24.3 Å². The molecule has 5 aliphatic rings. The maximum atomic E-state index is 13.6. The lowest BCUT2D eigenvalue weighted by molar-refractivity contribution is -0.435. The first-order valence-corrected chi connectivity index (χ1v) is 16.2. The third-order valence-electron chi connectivity index (χ3n) is 9.91. The summed E-state index contributed by atoms with van der Waals surface area (Å²) in [7, 11) is 0. The van der Waals surface area contributed by atoms with E-state index in [0.29, 0.717) is 32.7 Å². The largest absolute Gasteiger partial charge is 0.410 e. The lowest BCUT2D eigenvalue weighted by Gasteiger charge is -2.59. The summed E-state index contributed by atoms with van der Waals surface area (Å²) < 4.78 is 37.3. The molecular formula is C35H36FN3O9. The fourth-order valence-electron chi connectivity index (χ4n) is 7.61. The Balaban J connectivity index is 1.30. The quantitative estimate of drug-likeness (QED) is 0.471. The topological polar surface area (TPSA) is 135 Å². The Labute approximate surface area is 276 Å². The fraction of sp³-hybridized carbons (Fsp3) is 0.429. The van der Waals surface area contributed by atoms with E-state index in [9.17, 15) is 28.7 Å². The van der Waals surface area contributed by atoms with Crippen molar-refractivity contribution in [2.24, 2.45) is 0 Å². The van der Waals surface area contributed by atoms with E-state index in [1.165, 1.54) is 12.1 Å². The molecule has 0 amide bonds. The summed E-state index contributed by atoms with van der Waals surface area (Å²) in [5.41, 5.74) is -0.344. The van der Waals surface area contributed by atoms with Crippen molar-refractivity contribution in [1.82, 2.24) is 9.80 Å². The number of piperazine rings is 1. The molecule has 0 aromatic heterocycles. The third kappa shape index (κ3) is 5.55. The van der Waals surface area contributed by atoms with Crippen molar-refractivity contribution in [1.29, 1.82) is 0 Å². The first kappa shape index (κ1) is 32.0. The minimum absolute atomic E-state index is 0.0768. The summed E-state index contributed by atoms with van der Waals surface area (Å²) in [4.78, 5) is 59.2. The molecule has 48 heavy (non-hydrogen) atoms. The van der Waals surface area contributed by atoms with Crippen LogP contribution in [0.4, 0.5) is 10.1 Å². The van der Waals surface area contributed by atoms with Gasteiger partial charge in [0.15, 0.2) is 5.60 Å². The van der Waals surface area contributed by atoms with E-state index in [4.69, 9.17) is 18.9 Å². The monoisotopic (exact) mass is 661 g/mol. The van der Waals surface area contributed by atoms with Crippen LogP contribution in [0.5, 0.6) is 0 Å². The molecule has 2 aromatic carbocycles. The van der Waals surface area contributed by atoms with E-state index in [2.05, 4.69) is 4.90 Å². The van der Waals surface area contributed by atoms with Crippen LogP contribution in [-0.4, -0.2) is 95.7 Å². The van der Waals surface area contributed by atoms with E-state index < -0.39 is 47.1 Å². The van der Waals surface area contributed by atoms with Crippen LogP contribution >= 0.6 is 0 Å². The van der Waals surface area contributed by atoms with Gasteiger partial charge in [-0.05, 0) is 74.2 Å². The predicted molar refractivity (Wildman–Crippen MR) is 166 cm³/mol. The molecule has 1 N–H and O–H groups in total. The van der Waals surface area contributed by atoms with E-state index in [0.717, 1.165) is 61.5 Å². The van der Waals surface area contributed by atoms with Gasteiger partial charge in [-0.2, -0.15) is 0 Å². The highest BCUT2D eigenvalue weighted by Gasteiger charge is 2.81. The van der Waals surface area contributed by atoms with E-state index in [1.54, 1.807) is 24.3 Å². The molecule has 4 heterocycles. The summed E-state index contributed by atoms with van der Waals surface area (Å²) in [5, 5.41) is 12.8. The Morgan fingerprint density at radius 1 is 0.708 bits per heavy atom. The lowest BCUT2D eigenvalue weighted by atomic mass is 9.67. The summed E-state index contributed by atoms with van der Waals surface area (Å²) in [5.74, 6) is -10.0. The number of rotatable bonds is 5. The van der Waals surface area contributed by atoms with Crippen LogP contribution in [0.25, 0.3) is 0 Å². The van der Waals surface area contributed by atoms with Crippen LogP contribution in [0, 0.1) is 5.82 Å². The Morgan fingerprint density at radius 3 is 1.81 bits per heavy atom. The Bertz CT molecular complexity index is 1610. The predicted octanol–water partition coefficient (Wildman–Crippen LogP) is 2.30. The summed E-state index contributed by atoms with van der Waals surface area (Å²) in [6.45, 7) is 4.26. The Morgan fingerprint density at radius 2 is 1.25 bits per heavy atom. The van der Waals surface area contributed by atoms with Gasteiger partial charge in [-0.25, -0.2) is 23.6 Å². The highest BCUT2D eigenvalue weighted by atomic mass is 19.1.